The minimum Gasteiger partial charge on any atom is -0.469 e. The summed E-state index contributed by atoms with van der Waals surface area (Å²) in [5, 5.41) is 11.4. The quantitative estimate of drug-likeness (QED) is 0.763. The molecular formula is C13H19N3O2. The van der Waals surface area contributed by atoms with Gasteiger partial charge in [-0.3, -0.25) is 0 Å². The van der Waals surface area contributed by atoms with Gasteiger partial charge in [-0.2, -0.15) is 0 Å². The maximum atomic E-state index is 5.64. The van der Waals surface area contributed by atoms with Crippen LogP contribution in [-0.4, -0.2) is 23.3 Å². The first kappa shape index (κ1) is 12.8. The molecule has 0 aliphatic heterocycles. The molecule has 0 amide bonds. The third-order valence-electron chi connectivity index (χ3n) is 2.76. The summed E-state index contributed by atoms with van der Waals surface area (Å²) in [6.45, 7) is 6.09. The Balaban J connectivity index is 1.97. The molecule has 1 N–H and O–H groups in total. The summed E-state index contributed by atoms with van der Waals surface area (Å²) in [4.78, 5) is 0. The van der Waals surface area contributed by atoms with Gasteiger partial charge < -0.3 is 14.2 Å². The smallest absolute Gasteiger partial charge is 0.251 e. The summed E-state index contributed by atoms with van der Waals surface area (Å²) in [6.07, 6.45) is 4.28. The number of rotatable bonds is 7. The number of hydrogen-bond donors (Lipinski definition) is 1. The average molecular weight is 249 g/mol. The van der Waals surface area contributed by atoms with E-state index in [1.54, 1.807) is 6.26 Å². The minimum atomic E-state index is 0.555. The van der Waals surface area contributed by atoms with Crippen molar-refractivity contribution in [3.63, 3.8) is 0 Å². The first-order chi connectivity index (χ1) is 8.85. The van der Waals surface area contributed by atoms with Crippen molar-refractivity contribution >= 4 is 0 Å². The highest BCUT2D eigenvalue weighted by molar-refractivity contribution is 5.54. The van der Waals surface area contributed by atoms with E-state index in [9.17, 15) is 0 Å². The van der Waals surface area contributed by atoms with E-state index >= 15 is 0 Å². The van der Waals surface area contributed by atoms with Crippen molar-refractivity contribution in [3.05, 3.63) is 24.0 Å². The molecule has 98 valence electrons. The number of aromatic nitrogens is 2. The molecule has 18 heavy (non-hydrogen) atoms. The molecule has 2 aromatic heterocycles. The van der Waals surface area contributed by atoms with Crippen molar-refractivity contribution in [1.82, 2.24) is 15.5 Å². The lowest BCUT2D eigenvalue weighted by Crippen LogP contribution is -2.14. The molecule has 0 saturated heterocycles. The van der Waals surface area contributed by atoms with Crippen LogP contribution in [0.3, 0.4) is 0 Å². The van der Waals surface area contributed by atoms with Gasteiger partial charge in [-0.05, 0) is 25.6 Å². The molecule has 0 bridgehead atoms. The van der Waals surface area contributed by atoms with Crippen LogP contribution in [0.15, 0.2) is 21.2 Å². The number of furan rings is 1. The van der Waals surface area contributed by atoms with E-state index < -0.39 is 0 Å². The topological polar surface area (TPSA) is 64.1 Å². The molecule has 0 radical (unpaired) electrons. The monoisotopic (exact) mass is 249 g/mol. The maximum Gasteiger partial charge on any atom is 0.251 e. The molecule has 5 heteroatoms. The number of nitrogens with one attached hydrogen (secondary N) is 1. The Morgan fingerprint density at radius 1 is 1.28 bits per heavy atom. The van der Waals surface area contributed by atoms with E-state index in [0.717, 1.165) is 43.7 Å². The predicted octanol–water partition coefficient (Wildman–Crippen LogP) is 2.43. The van der Waals surface area contributed by atoms with E-state index in [4.69, 9.17) is 8.83 Å². The Kier molecular flexibility index (Phi) is 4.52. The lowest BCUT2D eigenvalue weighted by atomic mass is 10.2. The van der Waals surface area contributed by atoms with Gasteiger partial charge in [0, 0.05) is 12.8 Å². The Bertz CT molecular complexity index is 476. The number of aryl methyl sites for hydroxylation is 2. The fourth-order valence-electron chi connectivity index (χ4n) is 1.81. The van der Waals surface area contributed by atoms with Crippen LogP contribution in [0.5, 0.6) is 0 Å². The van der Waals surface area contributed by atoms with E-state index in [-0.39, 0.29) is 0 Å². The normalized spacial score (nSPS) is 11.0. The molecule has 0 atom stereocenters. The van der Waals surface area contributed by atoms with Gasteiger partial charge in [0.05, 0.1) is 11.8 Å². The highest BCUT2D eigenvalue weighted by Gasteiger charge is 2.13. The van der Waals surface area contributed by atoms with Crippen LogP contribution in [0.4, 0.5) is 0 Å². The predicted molar refractivity (Wildman–Crippen MR) is 68.2 cm³/mol. The Morgan fingerprint density at radius 3 is 2.94 bits per heavy atom. The summed E-state index contributed by atoms with van der Waals surface area (Å²) in [5.41, 5.74) is 0.905. The van der Waals surface area contributed by atoms with Crippen molar-refractivity contribution in [3.8, 4) is 11.5 Å². The van der Waals surface area contributed by atoms with E-state index in [0.29, 0.717) is 11.8 Å². The highest BCUT2D eigenvalue weighted by atomic mass is 16.4. The molecule has 0 aliphatic rings. The van der Waals surface area contributed by atoms with Crippen LogP contribution >= 0.6 is 0 Å². The summed E-state index contributed by atoms with van der Waals surface area (Å²) in [6, 6.07) is 1.87. The molecule has 2 aromatic rings. The molecule has 0 spiro atoms. The van der Waals surface area contributed by atoms with Crippen LogP contribution < -0.4 is 5.32 Å². The molecule has 2 heterocycles. The van der Waals surface area contributed by atoms with Crippen LogP contribution in [0.1, 0.15) is 31.9 Å². The first-order valence-corrected chi connectivity index (χ1v) is 6.45. The molecule has 0 saturated carbocycles. The zero-order valence-corrected chi connectivity index (χ0v) is 10.9. The molecule has 5 nitrogen and oxygen atoms in total. The van der Waals surface area contributed by atoms with Crippen LogP contribution in [0.25, 0.3) is 11.5 Å². The molecule has 2 rings (SSSR count). The first-order valence-electron chi connectivity index (χ1n) is 6.45. The van der Waals surface area contributed by atoms with Crippen molar-refractivity contribution in [2.24, 2.45) is 0 Å². The van der Waals surface area contributed by atoms with Gasteiger partial charge in [0.1, 0.15) is 5.76 Å². The standard InChI is InChI=1S/C13H19N3O2/c1-3-11-10(7-9-17-11)13-16-15-12(18-13)6-5-8-14-4-2/h7,9,14H,3-6,8H2,1-2H3. The van der Waals surface area contributed by atoms with E-state index in [1.807, 2.05) is 13.0 Å². The van der Waals surface area contributed by atoms with E-state index in [2.05, 4.69) is 22.4 Å². The maximum absolute atomic E-state index is 5.64. The van der Waals surface area contributed by atoms with Gasteiger partial charge in [0.25, 0.3) is 5.89 Å². The SMILES string of the molecule is CCNCCCc1nnc(-c2ccoc2CC)o1. The second-order valence-electron chi connectivity index (χ2n) is 4.07. The number of nitrogens with zero attached hydrogens (tertiary/aromatic N) is 2. The second kappa shape index (κ2) is 6.35. The van der Waals surface area contributed by atoms with Crippen molar-refractivity contribution in [1.29, 1.82) is 0 Å². The van der Waals surface area contributed by atoms with E-state index in [1.165, 1.54) is 0 Å². The molecular weight excluding hydrogens is 230 g/mol. The van der Waals surface area contributed by atoms with Gasteiger partial charge in [0.15, 0.2) is 0 Å². The van der Waals surface area contributed by atoms with Crippen LogP contribution in [0, 0.1) is 0 Å². The van der Waals surface area contributed by atoms with Crippen molar-refractivity contribution in [2.75, 3.05) is 13.1 Å². The lowest BCUT2D eigenvalue weighted by molar-refractivity contribution is 0.486. The second-order valence-corrected chi connectivity index (χ2v) is 4.07. The van der Waals surface area contributed by atoms with Crippen molar-refractivity contribution in [2.45, 2.75) is 33.1 Å². The summed E-state index contributed by atoms with van der Waals surface area (Å²) in [7, 11) is 0. The van der Waals surface area contributed by atoms with Crippen molar-refractivity contribution < 1.29 is 8.83 Å². The van der Waals surface area contributed by atoms with Gasteiger partial charge in [-0.1, -0.05) is 13.8 Å². The Hall–Kier alpha value is -1.62. The Morgan fingerprint density at radius 2 is 2.17 bits per heavy atom. The molecule has 0 aromatic carbocycles. The fraction of sp³-hybridized carbons (Fsp3) is 0.538. The zero-order valence-electron chi connectivity index (χ0n) is 10.9. The fourth-order valence-corrected chi connectivity index (χ4v) is 1.81. The zero-order chi connectivity index (χ0) is 12.8. The number of hydrogen-bond acceptors (Lipinski definition) is 5. The molecule has 0 fully saturated rings. The third kappa shape index (κ3) is 2.98. The van der Waals surface area contributed by atoms with Gasteiger partial charge >= 0.3 is 0 Å². The molecule has 0 unspecified atom stereocenters. The van der Waals surface area contributed by atoms with Crippen LogP contribution in [-0.2, 0) is 12.8 Å². The lowest BCUT2D eigenvalue weighted by Gasteiger charge is -1.97. The summed E-state index contributed by atoms with van der Waals surface area (Å²) in [5.74, 6) is 2.13. The minimum absolute atomic E-state index is 0.555. The largest absolute Gasteiger partial charge is 0.469 e. The van der Waals surface area contributed by atoms with Gasteiger partial charge in [0.2, 0.25) is 5.89 Å². The highest BCUT2D eigenvalue weighted by Crippen LogP contribution is 2.24. The summed E-state index contributed by atoms with van der Waals surface area (Å²) >= 11 is 0. The van der Waals surface area contributed by atoms with Gasteiger partial charge in [-0.15, -0.1) is 10.2 Å². The van der Waals surface area contributed by atoms with Gasteiger partial charge in [-0.25, -0.2) is 0 Å². The van der Waals surface area contributed by atoms with Crippen LogP contribution in [0.2, 0.25) is 0 Å². The Labute approximate surface area is 107 Å². The average Bonchev–Trinajstić information content (AvgIpc) is 3.02. The summed E-state index contributed by atoms with van der Waals surface area (Å²) < 4.78 is 11.0. The molecule has 0 aliphatic carbocycles. The third-order valence-corrected chi connectivity index (χ3v) is 2.76.